The molecule has 0 fully saturated rings. The summed E-state index contributed by atoms with van der Waals surface area (Å²) in [4.78, 5) is 28.5. The van der Waals surface area contributed by atoms with Gasteiger partial charge in [-0.3, -0.25) is 0 Å². The van der Waals surface area contributed by atoms with Gasteiger partial charge in [0.25, 0.3) is 0 Å². The predicted octanol–water partition coefficient (Wildman–Crippen LogP) is 4.45. The molecule has 8 nitrogen and oxygen atoms in total. The molecule has 0 aliphatic carbocycles. The van der Waals surface area contributed by atoms with Gasteiger partial charge in [0.05, 0.1) is 29.9 Å². The molecule has 2 aromatic heterocycles. The molecule has 0 saturated carbocycles. The van der Waals surface area contributed by atoms with Crippen LogP contribution in [0.2, 0.25) is 0 Å². The van der Waals surface area contributed by atoms with Gasteiger partial charge in [-0.2, -0.15) is 13.2 Å². The number of benzene rings is 1. The Morgan fingerprint density at radius 3 is 2.72 bits per heavy atom. The smallest absolute Gasteiger partial charge is 0.407 e. The number of nitrogens with zero attached hydrogens (tertiary/aromatic N) is 5. The maximum Gasteiger partial charge on any atom is 0.407 e. The number of aromatic carboxylic acids is 1. The molecule has 0 radical (unpaired) electrons. The minimum atomic E-state index is -4.62. The number of fused-ring (bicyclic) bond motifs is 1. The molecule has 0 saturated heterocycles. The Labute approximate surface area is 180 Å². The van der Waals surface area contributed by atoms with Crippen molar-refractivity contribution in [1.29, 1.82) is 0 Å². The highest BCUT2D eigenvalue weighted by atomic mass is 19.4. The minimum absolute atomic E-state index is 0.0694. The Bertz CT molecular complexity index is 1240. The Morgan fingerprint density at radius 2 is 2.00 bits per heavy atom. The fourth-order valence-electron chi connectivity index (χ4n) is 3.48. The third kappa shape index (κ3) is 4.15. The molecule has 0 amide bonds. The third-order valence-corrected chi connectivity index (χ3v) is 5.03. The molecule has 0 atom stereocenters. The number of alkyl halides is 3. The highest BCUT2D eigenvalue weighted by Gasteiger charge is 2.34. The first-order valence-electron chi connectivity index (χ1n) is 9.39. The van der Waals surface area contributed by atoms with Crippen LogP contribution in [0, 0.1) is 6.57 Å². The van der Waals surface area contributed by atoms with E-state index in [0.29, 0.717) is 36.0 Å². The van der Waals surface area contributed by atoms with Crippen molar-refractivity contribution in [2.75, 3.05) is 16.8 Å². The number of rotatable bonds is 4. The summed E-state index contributed by atoms with van der Waals surface area (Å²) >= 11 is 0. The van der Waals surface area contributed by atoms with E-state index < -0.39 is 23.4 Å². The summed E-state index contributed by atoms with van der Waals surface area (Å²) in [5.41, 5.74) is 0.416. The zero-order valence-corrected chi connectivity index (χ0v) is 16.4. The molecule has 4 rings (SSSR count). The van der Waals surface area contributed by atoms with Crippen molar-refractivity contribution in [3.63, 3.8) is 0 Å². The summed E-state index contributed by atoms with van der Waals surface area (Å²) < 4.78 is 40.0. The average Bonchev–Trinajstić information content (AvgIpc) is 2.78. The lowest BCUT2D eigenvalue weighted by atomic mass is 10.0. The lowest BCUT2D eigenvalue weighted by Gasteiger charge is -2.31. The van der Waals surface area contributed by atoms with Gasteiger partial charge in [0.2, 0.25) is 0 Å². The SMILES string of the molecule is [C-]#[N+]c1ccc(N2CCc3c(ncnc3Nc3cc(C(=O)O)ccn3)C2)cc1C(F)(F)F. The molecule has 11 heteroatoms. The van der Waals surface area contributed by atoms with Gasteiger partial charge >= 0.3 is 12.1 Å². The van der Waals surface area contributed by atoms with Crippen LogP contribution in [0.4, 0.5) is 36.2 Å². The second-order valence-corrected chi connectivity index (χ2v) is 6.99. The first kappa shape index (κ1) is 21.0. The fraction of sp³-hybridized carbons (Fsp3) is 0.190. The number of anilines is 3. The zero-order valence-electron chi connectivity index (χ0n) is 16.4. The molecule has 162 valence electrons. The number of carboxylic acid groups (broad SMARTS) is 1. The van der Waals surface area contributed by atoms with Crippen molar-refractivity contribution < 1.29 is 23.1 Å². The maximum atomic E-state index is 13.3. The number of hydrogen-bond donors (Lipinski definition) is 2. The van der Waals surface area contributed by atoms with Crippen LogP contribution in [-0.4, -0.2) is 32.6 Å². The summed E-state index contributed by atoms with van der Waals surface area (Å²) in [6.45, 7) is 7.64. The monoisotopic (exact) mass is 440 g/mol. The molecule has 2 N–H and O–H groups in total. The Morgan fingerprint density at radius 1 is 1.19 bits per heavy atom. The second kappa shape index (κ2) is 8.14. The van der Waals surface area contributed by atoms with E-state index in [1.807, 2.05) is 0 Å². The third-order valence-electron chi connectivity index (χ3n) is 5.03. The topological polar surface area (TPSA) is 95.6 Å². The number of hydrogen-bond acceptors (Lipinski definition) is 6. The molecule has 0 spiro atoms. The van der Waals surface area contributed by atoms with Crippen LogP contribution in [-0.2, 0) is 19.1 Å². The molecule has 0 bridgehead atoms. The molecule has 1 aromatic carbocycles. The van der Waals surface area contributed by atoms with Gasteiger partial charge < -0.3 is 15.3 Å². The summed E-state index contributed by atoms with van der Waals surface area (Å²) in [7, 11) is 0. The van der Waals surface area contributed by atoms with E-state index in [9.17, 15) is 18.0 Å². The van der Waals surface area contributed by atoms with Crippen LogP contribution >= 0.6 is 0 Å². The molecule has 3 aromatic rings. The number of aromatic nitrogens is 3. The van der Waals surface area contributed by atoms with Crippen molar-refractivity contribution in [2.45, 2.75) is 19.1 Å². The maximum absolute atomic E-state index is 13.3. The van der Waals surface area contributed by atoms with Crippen LogP contribution < -0.4 is 10.2 Å². The fourth-order valence-corrected chi connectivity index (χ4v) is 3.48. The van der Waals surface area contributed by atoms with Crippen molar-refractivity contribution in [3.8, 4) is 0 Å². The van der Waals surface area contributed by atoms with Crippen LogP contribution in [0.15, 0.2) is 42.9 Å². The van der Waals surface area contributed by atoms with Crippen molar-refractivity contribution in [3.05, 3.63) is 76.7 Å². The summed E-state index contributed by atoms with van der Waals surface area (Å²) in [6.07, 6.45) is -1.48. The average molecular weight is 440 g/mol. The van der Waals surface area contributed by atoms with Gasteiger partial charge in [-0.05, 0) is 30.7 Å². The van der Waals surface area contributed by atoms with Crippen LogP contribution in [0.5, 0.6) is 0 Å². The molecule has 32 heavy (non-hydrogen) atoms. The van der Waals surface area contributed by atoms with Gasteiger partial charge in [0.1, 0.15) is 18.0 Å². The summed E-state index contributed by atoms with van der Waals surface area (Å²) in [5, 5.41) is 12.1. The summed E-state index contributed by atoms with van der Waals surface area (Å²) in [5.74, 6) is -0.319. The van der Waals surface area contributed by atoms with Crippen molar-refractivity contribution in [1.82, 2.24) is 15.0 Å². The van der Waals surface area contributed by atoms with Gasteiger partial charge in [-0.1, -0.05) is 6.07 Å². The van der Waals surface area contributed by atoms with E-state index in [1.54, 1.807) is 4.90 Å². The number of carbonyl (C=O) groups is 1. The van der Waals surface area contributed by atoms with E-state index in [1.165, 1.54) is 36.8 Å². The van der Waals surface area contributed by atoms with Crippen LogP contribution in [0.1, 0.15) is 27.2 Å². The molecule has 3 heterocycles. The number of halogens is 3. The first-order chi connectivity index (χ1) is 15.3. The lowest BCUT2D eigenvalue weighted by molar-refractivity contribution is -0.136. The quantitative estimate of drug-likeness (QED) is 0.579. The molecular weight excluding hydrogens is 425 g/mol. The summed E-state index contributed by atoms with van der Waals surface area (Å²) in [6, 6.07) is 6.41. The standard InChI is InChI=1S/C21H15F3N6O2/c1-25-16-3-2-13(9-15(16)21(22,23)24)30-7-5-14-17(10-30)27-11-28-19(14)29-18-8-12(20(31)32)4-6-26-18/h2-4,6,8-9,11H,5,7,10H2,(H,31,32)(H,26,27,28,29). The lowest BCUT2D eigenvalue weighted by Crippen LogP contribution is -2.32. The van der Waals surface area contributed by atoms with E-state index >= 15 is 0 Å². The minimum Gasteiger partial charge on any atom is -0.478 e. The van der Waals surface area contributed by atoms with E-state index in [2.05, 4.69) is 25.1 Å². The molecule has 1 aliphatic rings. The van der Waals surface area contributed by atoms with Crippen molar-refractivity contribution >= 4 is 29.0 Å². The van der Waals surface area contributed by atoms with Crippen molar-refractivity contribution in [2.24, 2.45) is 0 Å². The van der Waals surface area contributed by atoms with Gasteiger partial charge in [0, 0.05) is 24.0 Å². The predicted molar refractivity (Wildman–Crippen MR) is 109 cm³/mol. The van der Waals surface area contributed by atoms with Gasteiger partial charge in [-0.15, -0.1) is 0 Å². The van der Waals surface area contributed by atoms with Gasteiger partial charge in [0.15, 0.2) is 5.69 Å². The normalized spacial score (nSPS) is 13.2. The van der Waals surface area contributed by atoms with Crippen LogP contribution in [0.3, 0.4) is 0 Å². The van der Waals surface area contributed by atoms with E-state index in [-0.39, 0.29) is 12.1 Å². The Balaban J connectivity index is 1.60. The van der Waals surface area contributed by atoms with Crippen LogP contribution in [0.25, 0.3) is 4.85 Å². The first-order valence-corrected chi connectivity index (χ1v) is 9.39. The number of carboxylic acids is 1. The molecular formula is C21H15F3N6O2. The molecule has 1 aliphatic heterocycles. The molecule has 0 unspecified atom stereocenters. The van der Waals surface area contributed by atoms with E-state index in [4.69, 9.17) is 11.7 Å². The Hall–Kier alpha value is -4.20. The highest BCUT2D eigenvalue weighted by molar-refractivity contribution is 5.88. The highest BCUT2D eigenvalue weighted by Crippen LogP contribution is 2.39. The zero-order chi connectivity index (χ0) is 22.9. The largest absolute Gasteiger partial charge is 0.478 e. The number of pyridine rings is 1. The Kier molecular flexibility index (Phi) is 5.36. The van der Waals surface area contributed by atoms with Gasteiger partial charge in [-0.25, -0.2) is 24.6 Å². The number of nitrogens with one attached hydrogen (secondary N) is 1. The second-order valence-electron chi connectivity index (χ2n) is 6.99. The van der Waals surface area contributed by atoms with E-state index in [0.717, 1.165) is 11.6 Å².